The number of hydrogen-bond acceptors (Lipinski definition) is 2. The maximum absolute atomic E-state index is 12.7. The van der Waals surface area contributed by atoms with Crippen LogP contribution >= 0.6 is 0 Å². The van der Waals surface area contributed by atoms with Crippen molar-refractivity contribution >= 4 is 5.91 Å². The third kappa shape index (κ3) is 3.37. The summed E-state index contributed by atoms with van der Waals surface area (Å²) in [5.41, 5.74) is 5.25. The second-order valence-electron chi connectivity index (χ2n) is 4.36. The molecule has 1 aliphatic rings. The standard InChI is InChI=1S/C10H17F3N2O/c1-6(14)9(16)15-8(10(11,12)13)7-4-2-3-5-7/h6-8H,2-5,14H2,1H3,(H,15,16)/t6-,8?/m0/s1. The fraction of sp³-hybridized carbons (Fsp3) is 0.900. The second kappa shape index (κ2) is 5.03. The second-order valence-corrected chi connectivity index (χ2v) is 4.36. The van der Waals surface area contributed by atoms with Crippen LogP contribution in [0.25, 0.3) is 0 Å². The molecule has 1 aliphatic carbocycles. The molecule has 0 radical (unpaired) electrons. The Morgan fingerprint density at radius 3 is 2.25 bits per heavy atom. The number of alkyl halides is 3. The topological polar surface area (TPSA) is 55.1 Å². The van der Waals surface area contributed by atoms with Crippen LogP contribution in [0.3, 0.4) is 0 Å². The van der Waals surface area contributed by atoms with Gasteiger partial charge in [0.15, 0.2) is 0 Å². The number of nitrogens with two attached hydrogens (primary N) is 1. The van der Waals surface area contributed by atoms with Gasteiger partial charge in [-0.25, -0.2) is 0 Å². The predicted octanol–water partition coefficient (Wildman–Crippen LogP) is 1.57. The number of hydrogen-bond donors (Lipinski definition) is 2. The van der Waals surface area contributed by atoms with E-state index in [0.29, 0.717) is 12.8 Å². The zero-order valence-electron chi connectivity index (χ0n) is 9.18. The molecule has 16 heavy (non-hydrogen) atoms. The highest BCUT2D eigenvalue weighted by Gasteiger charge is 2.46. The summed E-state index contributed by atoms with van der Waals surface area (Å²) in [6.07, 6.45) is -1.76. The van der Waals surface area contributed by atoms with Gasteiger partial charge in [-0.1, -0.05) is 12.8 Å². The van der Waals surface area contributed by atoms with Crippen molar-refractivity contribution in [1.29, 1.82) is 0 Å². The summed E-state index contributed by atoms with van der Waals surface area (Å²) in [7, 11) is 0. The van der Waals surface area contributed by atoms with Gasteiger partial charge >= 0.3 is 6.18 Å². The highest BCUT2D eigenvalue weighted by molar-refractivity contribution is 5.81. The first kappa shape index (κ1) is 13.3. The van der Waals surface area contributed by atoms with E-state index in [1.165, 1.54) is 6.92 Å². The third-order valence-corrected chi connectivity index (χ3v) is 2.94. The molecule has 3 N–H and O–H groups in total. The molecule has 1 rings (SSSR count). The Kier molecular flexibility index (Phi) is 4.18. The Morgan fingerprint density at radius 1 is 1.38 bits per heavy atom. The molecule has 3 nitrogen and oxygen atoms in total. The SMILES string of the molecule is C[C@H](N)C(=O)NC(C1CCCC1)C(F)(F)F. The number of carbonyl (C=O) groups is 1. The Morgan fingerprint density at radius 2 is 1.88 bits per heavy atom. The van der Waals surface area contributed by atoms with Gasteiger partial charge in [-0.2, -0.15) is 13.2 Å². The molecular weight excluding hydrogens is 221 g/mol. The normalized spacial score (nSPS) is 21.8. The van der Waals surface area contributed by atoms with Crippen LogP contribution in [0.2, 0.25) is 0 Å². The lowest BCUT2D eigenvalue weighted by Crippen LogP contribution is -2.53. The number of rotatable bonds is 3. The fourth-order valence-electron chi connectivity index (χ4n) is 2.04. The third-order valence-electron chi connectivity index (χ3n) is 2.94. The maximum Gasteiger partial charge on any atom is 0.408 e. The summed E-state index contributed by atoms with van der Waals surface area (Å²) in [6.45, 7) is 1.37. The molecule has 0 bridgehead atoms. The van der Waals surface area contributed by atoms with Crippen LogP contribution in [0.1, 0.15) is 32.6 Å². The molecule has 1 saturated carbocycles. The van der Waals surface area contributed by atoms with E-state index in [9.17, 15) is 18.0 Å². The first-order valence-electron chi connectivity index (χ1n) is 5.45. The summed E-state index contributed by atoms with van der Waals surface area (Å²) in [4.78, 5) is 11.2. The molecule has 0 aromatic heterocycles. The highest BCUT2D eigenvalue weighted by Crippen LogP contribution is 2.35. The summed E-state index contributed by atoms with van der Waals surface area (Å²) >= 11 is 0. The number of halogens is 3. The van der Waals surface area contributed by atoms with Crippen molar-refractivity contribution in [2.24, 2.45) is 11.7 Å². The minimum absolute atomic E-state index is 0.498. The van der Waals surface area contributed by atoms with Crippen LogP contribution < -0.4 is 11.1 Å². The van der Waals surface area contributed by atoms with Crippen molar-refractivity contribution in [2.45, 2.75) is 50.9 Å². The van der Waals surface area contributed by atoms with E-state index in [2.05, 4.69) is 0 Å². The molecule has 1 unspecified atom stereocenters. The number of nitrogens with one attached hydrogen (secondary N) is 1. The van der Waals surface area contributed by atoms with E-state index < -0.39 is 30.1 Å². The Balaban J connectivity index is 2.68. The zero-order chi connectivity index (χ0) is 12.3. The van der Waals surface area contributed by atoms with Crippen LogP contribution in [-0.2, 0) is 4.79 Å². The van der Waals surface area contributed by atoms with Crippen LogP contribution in [0.5, 0.6) is 0 Å². The van der Waals surface area contributed by atoms with Crippen LogP contribution in [0.4, 0.5) is 13.2 Å². The monoisotopic (exact) mass is 238 g/mol. The average Bonchev–Trinajstić information content (AvgIpc) is 2.63. The van der Waals surface area contributed by atoms with Crippen LogP contribution in [0, 0.1) is 5.92 Å². The van der Waals surface area contributed by atoms with Gasteiger partial charge in [0.1, 0.15) is 6.04 Å². The Labute approximate surface area is 92.6 Å². The van der Waals surface area contributed by atoms with Gasteiger partial charge in [-0.15, -0.1) is 0 Å². The van der Waals surface area contributed by atoms with Crippen molar-refractivity contribution in [3.8, 4) is 0 Å². The molecule has 0 saturated heterocycles. The Hall–Kier alpha value is -0.780. The van der Waals surface area contributed by atoms with Crippen molar-refractivity contribution < 1.29 is 18.0 Å². The van der Waals surface area contributed by atoms with E-state index in [-0.39, 0.29) is 0 Å². The van der Waals surface area contributed by atoms with Crippen molar-refractivity contribution in [3.63, 3.8) is 0 Å². The lowest BCUT2D eigenvalue weighted by atomic mass is 9.97. The van der Waals surface area contributed by atoms with Crippen LogP contribution in [0.15, 0.2) is 0 Å². The lowest BCUT2D eigenvalue weighted by molar-refractivity contribution is -0.172. The van der Waals surface area contributed by atoms with Gasteiger partial charge < -0.3 is 11.1 Å². The maximum atomic E-state index is 12.7. The van der Waals surface area contributed by atoms with Crippen LogP contribution in [-0.4, -0.2) is 24.2 Å². The zero-order valence-corrected chi connectivity index (χ0v) is 9.18. The van der Waals surface area contributed by atoms with Crippen molar-refractivity contribution in [1.82, 2.24) is 5.32 Å². The summed E-state index contributed by atoms with van der Waals surface area (Å²) in [5.74, 6) is -1.24. The Bertz CT molecular complexity index is 247. The molecule has 0 spiro atoms. The summed E-state index contributed by atoms with van der Waals surface area (Å²) in [5, 5.41) is 2.01. The van der Waals surface area contributed by atoms with E-state index in [1.54, 1.807) is 0 Å². The van der Waals surface area contributed by atoms with Gasteiger partial charge in [0.25, 0.3) is 0 Å². The smallest absolute Gasteiger partial charge is 0.343 e. The molecule has 0 aromatic rings. The minimum atomic E-state index is -4.39. The molecule has 1 amide bonds. The quantitative estimate of drug-likeness (QED) is 0.784. The molecule has 0 aromatic carbocycles. The molecule has 94 valence electrons. The molecule has 2 atom stereocenters. The fourth-order valence-corrected chi connectivity index (χ4v) is 2.04. The predicted molar refractivity (Wildman–Crippen MR) is 53.6 cm³/mol. The van der Waals surface area contributed by atoms with E-state index in [1.807, 2.05) is 5.32 Å². The molecule has 6 heteroatoms. The lowest BCUT2D eigenvalue weighted by Gasteiger charge is -2.27. The van der Waals surface area contributed by atoms with Gasteiger partial charge in [-0.3, -0.25) is 4.79 Å². The van der Waals surface area contributed by atoms with E-state index >= 15 is 0 Å². The van der Waals surface area contributed by atoms with Crippen molar-refractivity contribution in [3.05, 3.63) is 0 Å². The minimum Gasteiger partial charge on any atom is -0.343 e. The number of carbonyl (C=O) groups excluding carboxylic acids is 1. The van der Waals surface area contributed by atoms with E-state index in [0.717, 1.165) is 12.8 Å². The molecular formula is C10H17F3N2O. The molecule has 1 fully saturated rings. The first-order valence-corrected chi connectivity index (χ1v) is 5.45. The van der Waals surface area contributed by atoms with Gasteiger partial charge in [0, 0.05) is 0 Å². The van der Waals surface area contributed by atoms with Crippen molar-refractivity contribution in [2.75, 3.05) is 0 Å². The van der Waals surface area contributed by atoms with E-state index in [4.69, 9.17) is 5.73 Å². The highest BCUT2D eigenvalue weighted by atomic mass is 19.4. The largest absolute Gasteiger partial charge is 0.408 e. The number of amides is 1. The molecule has 0 heterocycles. The average molecular weight is 238 g/mol. The van der Waals surface area contributed by atoms with Gasteiger partial charge in [-0.05, 0) is 25.7 Å². The van der Waals surface area contributed by atoms with Gasteiger partial charge in [0.2, 0.25) is 5.91 Å². The first-order chi connectivity index (χ1) is 7.32. The summed E-state index contributed by atoms with van der Waals surface area (Å²) < 4.78 is 38.2. The molecule has 0 aliphatic heterocycles. The summed E-state index contributed by atoms with van der Waals surface area (Å²) in [6, 6.07) is -2.65. The van der Waals surface area contributed by atoms with Gasteiger partial charge in [0.05, 0.1) is 6.04 Å².